The van der Waals surface area contributed by atoms with Crippen molar-refractivity contribution in [1.82, 2.24) is 4.90 Å². The second-order valence-electron chi connectivity index (χ2n) is 4.40. The summed E-state index contributed by atoms with van der Waals surface area (Å²) in [5.74, 6) is -0.348. The Hall–Kier alpha value is -1.07. The van der Waals surface area contributed by atoms with Crippen LogP contribution in [0.15, 0.2) is 24.3 Å². The van der Waals surface area contributed by atoms with Crippen LogP contribution in [0.4, 0.5) is 13.2 Å². The minimum atomic E-state index is -2.41. The van der Waals surface area contributed by atoms with Crippen molar-refractivity contribution in [2.45, 2.75) is 31.9 Å². The first kappa shape index (κ1) is 15.0. The minimum absolute atomic E-state index is 0.265. The summed E-state index contributed by atoms with van der Waals surface area (Å²) in [6.07, 6.45) is -1.75. The zero-order chi connectivity index (χ0) is 13.7. The van der Waals surface area contributed by atoms with Crippen LogP contribution in [0.1, 0.15) is 24.9 Å². The molecule has 0 bridgehead atoms. The maximum absolute atomic E-state index is 12.9. The first-order chi connectivity index (χ1) is 8.45. The van der Waals surface area contributed by atoms with Crippen LogP contribution in [-0.4, -0.2) is 31.0 Å². The van der Waals surface area contributed by atoms with Gasteiger partial charge >= 0.3 is 0 Å². The third-order valence-electron chi connectivity index (χ3n) is 2.99. The molecule has 0 aliphatic carbocycles. The number of nitrogens with zero attached hydrogens (tertiary/aromatic N) is 1. The molecule has 2 nitrogen and oxygen atoms in total. The van der Waals surface area contributed by atoms with Crippen molar-refractivity contribution in [3.8, 4) is 0 Å². The molecule has 0 heterocycles. The summed E-state index contributed by atoms with van der Waals surface area (Å²) >= 11 is 0. The highest BCUT2D eigenvalue weighted by molar-refractivity contribution is 5.21. The molecule has 0 aliphatic rings. The predicted octanol–water partition coefficient (Wildman–Crippen LogP) is 2.80. The van der Waals surface area contributed by atoms with E-state index < -0.39 is 6.43 Å². The number of hydrogen-bond acceptors (Lipinski definition) is 2. The normalized spacial score (nSPS) is 15.1. The van der Waals surface area contributed by atoms with Gasteiger partial charge in [0.25, 0.3) is 6.43 Å². The Bertz CT molecular complexity index is 354. The molecule has 1 rings (SSSR count). The zero-order valence-corrected chi connectivity index (χ0v) is 10.6. The Kier molecular flexibility index (Phi) is 5.62. The van der Waals surface area contributed by atoms with E-state index in [1.54, 1.807) is 19.2 Å². The van der Waals surface area contributed by atoms with Crippen LogP contribution in [0, 0.1) is 5.82 Å². The molecule has 0 spiro atoms. The molecule has 2 unspecified atom stereocenters. The summed E-state index contributed by atoms with van der Waals surface area (Å²) in [7, 11) is 1.61. The average Bonchev–Trinajstić information content (AvgIpc) is 2.30. The molecule has 1 aromatic carbocycles. The van der Waals surface area contributed by atoms with Crippen LogP contribution in [0.3, 0.4) is 0 Å². The highest BCUT2D eigenvalue weighted by atomic mass is 19.3. The van der Waals surface area contributed by atoms with Gasteiger partial charge in [-0.3, -0.25) is 4.90 Å². The van der Waals surface area contributed by atoms with Gasteiger partial charge in [0, 0.05) is 12.1 Å². The van der Waals surface area contributed by atoms with Crippen molar-refractivity contribution in [3.63, 3.8) is 0 Å². The molecule has 102 valence electrons. The van der Waals surface area contributed by atoms with E-state index in [9.17, 15) is 13.2 Å². The van der Waals surface area contributed by atoms with Crippen LogP contribution in [0.2, 0.25) is 0 Å². The Balaban J connectivity index is 2.94. The van der Waals surface area contributed by atoms with Gasteiger partial charge in [0.05, 0.1) is 6.54 Å². The highest BCUT2D eigenvalue weighted by Crippen LogP contribution is 2.24. The largest absolute Gasteiger partial charge is 0.326 e. The molecule has 0 aliphatic heterocycles. The molecular formula is C13H19F3N2. The van der Waals surface area contributed by atoms with Crippen molar-refractivity contribution in [2.75, 3.05) is 13.6 Å². The number of likely N-dealkylation sites (N-methyl/N-ethyl adjacent to an activating group) is 1. The fraction of sp³-hybridized carbons (Fsp3) is 0.538. The van der Waals surface area contributed by atoms with Crippen molar-refractivity contribution >= 4 is 0 Å². The smallest absolute Gasteiger partial charge is 0.251 e. The van der Waals surface area contributed by atoms with Gasteiger partial charge in [-0.1, -0.05) is 19.1 Å². The molecule has 2 atom stereocenters. The molecule has 0 saturated carbocycles. The van der Waals surface area contributed by atoms with Crippen molar-refractivity contribution in [3.05, 3.63) is 35.6 Å². The van der Waals surface area contributed by atoms with Gasteiger partial charge in [-0.05, 0) is 31.2 Å². The third kappa shape index (κ3) is 3.99. The Labute approximate surface area is 106 Å². The van der Waals surface area contributed by atoms with E-state index in [1.807, 2.05) is 6.92 Å². The van der Waals surface area contributed by atoms with Gasteiger partial charge < -0.3 is 5.73 Å². The standard InChI is InChI=1S/C13H19F3N2/c1-3-11(17)13(18(2)8-12(15)16)9-4-6-10(14)7-5-9/h4-7,11-13H,3,8,17H2,1-2H3. The number of benzene rings is 1. The minimum Gasteiger partial charge on any atom is -0.326 e. The van der Waals surface area contributed by atoms with Gasteiger partial charge in [0.15, 0.2) is 0 Å². The first-order valence-electron chi connectivity index (χ1n) is 5.95. The number of nitrogens with two attached hydrogens (primary N) is 1. The Morgan fingerprint density at radius 1 is 1.22 bits per heavy atom. The SMILES string of the molecule is CCC(N)C(c1ccc(F)cc1)N(C)CC(F)F. The van der Waals surface area contributed by atoms with Crippen LogP contribution < -0.4 is 5.73 Å². The lowest BCUT2D eigenvalue weighted by molar-refractivity contribution is 0.0735. The van der Waals surface area contributed by atoms with E-state index >= 15 is 0 Å². The summed E-state index contributed by atoms with van der Waals surface area (Å²) in [6, 6.07) is 5.24. The molecule has 1 aromatic rings. The molecule has 0 radical (unpaired) electrons. The van der Waals surface area contributed by atoms with E-state index in [1.165, 1.54) is 17.0 Å². The fourth-order valence-corrected chi connectivity index (χ4v) is 2.04. The average molecular weight is 260 g/mol. The molecule has 5 heteroatoms. The number of alkyl halides is 2. The molecule has 0 saturated heterocycles. The second-order valence-corrected chi connectivity index (χ2v) is 4.40. The van der Waals surface area contributed by atoms with Crippen LogP contribution >= 0.6 is 0 Å². The van der Waals surface area contributed by atoms with E-state index in [4.69, 9.17) is 5.73 Å². The van der Waals surface area contributed by atoms with E-state index in [-0.39, 0.29) is 24.4 Å². The maximum atomic E-state index is 12.9. The van der Waals surface area contributed by atoms with Gasteiger partial charge in [-0.15, -0.1) is 0 Å². The number of hydrogen-bond donors (Lipinski definition) is 1. The first-order valence-corrected chi connectivity index (χ1v) is 5.95. The fourth-order valence-electron chi connectivity index (χ4n) is 2.04. The maximum Gasteiger partial charge on any atom is 0.251 e. The molecule has 0 aromatic heterocycles. The Morgan fingerprint density at radius 2 is 1.78 bits per heavy atom. The molecule has 0 amide bonds. The summed E-state index contributed by atoms with van der Waals surface area (Å²) in [4.78, 5) is 1.52. The van der Waals surface area contributed by atoms with E-state index in [2.05, 4.69) is 0 Å². The molecule has 2 N–H and O–H groups in total. The van der Waals surface area contributed by atoms with Crippen molar-refractivity contribution in [2.24, 2.45) is 5.73 Å². The predicted molar refractivity (Wildman–Crippen MR) is 66.0 cm³/mol. The van der Waals surface area contributed by atoms with Crippen molar-refractivity contribution < 1.29 is 13.2 Å². The Morgan fingerprint density at radius 3 is 2.22 bits per heavy atom. The van der Waals surface area contributed by atoms with E-state index in [0.717, 1.165) is 5.56 Å². The summed E-state index contributed by atoms with van der Waals surface area (Å²) < 4.78 is 37.8. The third-order valence-corrected chi connectivity index (χ3v) is 2.99. The summed E-state index contributed by atoms with van der Waals surface area (Å²) in [5, 5.41) is 0. The van der Waals surface area contributed by atoms with Crippen molar-refractivity contribution in [1.29, 1.82) is 0 Å². The van der Waals surface area contributed by atoms with E-state index in [0.29, 0.717) is 6.42 Å². The summed E-state index contributed by atoms with van der Waals surface area (Å²) in [6.45, 7) is 1.55. The lowest BCUT2D eigenvalue weighted by Crippen LogP contribution is -2.40. The second kappa shape index (κ2) is 6.75. The zero-order valence-electron chi connectivity index (χ0n) is 10.6. The number of rotatable bonds is 6. The lowest BCUT2D eigenvalue weighted by atomic mass is 9.96. The van der Waals surface area contributed by atoms with Gasteiger partial charge in [0.1, 0.15) is 5.82 Å². The summed E-state index contributed by atoms with van der Waals surface area (Å²) in [5.41, 5.74) is 6.74. The number of halogens is 3. The topological polar surface area (TPSA) is 29.3 Å². The van der Waals surface area contributed by atoms with Crippen LogP contribution in [-0.2, 0) is 0 Å². The lowest BCUT2D eigenvalue weighted by Gasteiger charge is -2.32. The molecule has 0 fully saturated rings. The van der Waals surface area contributed by atoms with Gasteiger partial charge in [0.2, 0.25) is 0 Å². The molecule has 18 heavy (non-hydrogen) atoms. The molecular weight excluding hydrogens is 241 g/mol. The monoisotopic (exact) mass is 260 g/mol. The van der Waals surface area contributed by atoms with Crippen LogP contribution in [0.25, 0.3) is 0 Å². The van der Waals surface area contributed by atoms with Gasteiger partial charge in [-0.25, -0.2) is 13.2 Å². The van der Waals surface area contributed by atoms with Crippen LogP contribution in [0.5, 0.6) is 0 Å². The quantitative estimate of drug-likeness (QED) is 0.852. The highest BCUT2D eigenvalue weighted by Gasteiger charge is 2.25. The van der Waals surface area contributed by atoms with Gasteiger partial charge in [-0.2, -0.15) is 0 Å².